The topological polar surface area (TPSA) is 35.6 Å². The molecule has 236 valence electrons. The van der Waals surface area contributed by atoms with Crippen LogP contribution in [0.2, 0.25) is 0 Å². The highest BCUT2D eigenvalue weighted by atomic mass is 32.2. The van der Waals surface area contributed by atoms with Gasteiger partial charge in [-0.05, 0) is 58.7 Å². The molecule has 3 aromatic heterocycles. The lowest BCUT2D eigenvalue weighted by molar-refractivity contribution is 0.660. The van der Waals surface area contributed by atoms with E-state index in [1.165, 1.54) is 59.4 Å². The van der Waals surface area contributed by atoms with E-state index in [0.717, 1.165) is 33.7 Å². The first-order valence-corrected chi connectivity index (χ1v) is 17.9. The summed E-state index contributed by atoms with van der Waals surface area (Å²) >= 11 is 1.84. The van der Waals surface area contributed by atoms with Crippen LogP contribution in [0.15, 0.2) is 155 Å². The van der Waals surface area contributed by atoms with Crippen molar-refractivity contribution in [3.8, 4) is 45.3 Å². The Kier molecular flexibility index (Phi) is 5.63. The maximum absolute atomic E-state index is 5.47. The van der Waals surface area contributed by atoms with E-state index >= 15 is 0 Å². The average Bonchev–Trinajstić information content (AvgIpc) is 3.76. The molecule has 0 amide bonds. The van der Waals surface area contributed by atoms with Gasteiger partial charge in [-0.15, -0.1) is 0 Å². The van der Waals surface area contributed by atoms with E-state index in [9.17, 15) is 0 Å². The zero-order valence-electron chi connectivity index (χ0n) is 27.6. The largest absolute Gasteiger partial charge is 0.293 e. The van der Waals surface area contributed by atoms with E-state index in [-0.39, 0.29) is 5.41 Å². The summed E-state index contributed by atoms with van der Waals surface area (Å²) in [5.41, 5.74) is 13.7. The molecular weight excluding hydrogens is 629 g/mol. The fourth-order valence-corrected chi connectivity index (χ4v) is 9.53. The minimum Gasteiger partial charge on any atom is -0.293 e. The minimum atomic E-state index is -0.110. The van der Waals surface area contributed by atoms with Gasteiger partial charge in [0.2, 0.25) is 5.95 Å². The molecule has 1 aliphatic carbocycles. The Bertz CT molecular complexity index is 2880. The third-order valence-corrected chi connectivity index (χ3v) is 11.9. The van der Waals surface area contributed by atoms with Gasteiger partial charge in [0.05, 0.1) is 28.1 Å². The van der Waals surface area contributed by atoms with Crippen molar-refractivity contribution in [1.29, 1.82) is 0 Å². The predicted octanol–water partition coefficient (Wildman–Crippen LogP) is 11.6. The summed E-state index contributed by atoms with van der Waals surface area (Å²) in [6.07, 6.45) is 0. The zero-order valence-corrected chi connectivity index (χ0v) is 28.4. The van der Waals surface area contributed by atoms with Crippen LogP contribution in [0.1, 0.15) is 25.0 Å². The average molecular weight is 659 g/mol. The molecule has 4 heterocycles. The van der Waals surface area contributed by atoms with Crippen LogP contribution < -0.4 is 0 Å². The van der Waals surface area contributed by atoms with Crippen molar-refractivity contribution >= 4 is 44.6 Å². The van der Waals surface area contributed by atoms with Gasteiger partial charge >= 0.3 is 0 Å². The normalized spacial score (nSPS) is 13.9. The van der Waals surface area contributed by atoms with E-state index in [4.69, 9.17) is 9.97 Å². The molecule has 0 spiro atoms. The standard InChI is InChI=1S/C45H30N4S/c1-45(2)33-18-8-6-15-29(33)30-24-23-28(25-34(30)45)36-26-35(27-13-4-3-5-14-27)46-44(47-36)49-37-19-9-7-16-31(37)41-32-17-12-22-40-42(32)48(43(41)49)38-20-10-11-21-39(38)50-40/h3-26H,1-2H3. The highest BCUT2D eigenvalue weighted by Crippen LogP contribution is 2.51. The maximum atomic E-state index is 5.47. The monoisotopic (exact) mass is 658 g/mol. The Balaban J connectivity index is 1.24. The minimum absolute atomic E-state index is 0.110. The second-order valence-corrected chi connectivity index (χ2v) is 14.9. The molecule has 0 saturated carbocycles. The van der Waals surface area contributed by atoms with E-state index < -0.39 is 0 Å². The Morgan fingerprint density at radius 3 is 2.14 bits per heavy atom. The van der Waals surface area contributed by atoms with Crippen molar-refractivity contribution in [2.75, 3.05) is 0 Å². The van der Waals surface area contributed by atoms with Crippen molar-refractivity contribution in [1.82, 2.24) is 19.1 Å². The fourth-order valence-electron chi connectivity index (χ4n) is 8.43. The predicted molar refractivity (Wildman–Crippen MR) is 206 cm³/mol. The molecule has 0 radical (unpaired) electrons. The molecule has 9 aromatic rings. The van der Waals surface area contributed by atoms with Crippen LogP contribution in [0.3, 0.4) is 0 Å². The van der Waals surface area contributed by atoms with Crippen LogP contribution in [0.25, 0.3) is 78.1 Å². The second-order valence-electron chi connectivity index (χ2n) is 13.8. The zero-order chi connectivity index (χ0) is 33.1. The molecule has 0 N–H and O–H groups in total. The van der Waals surface area contributed by atoms with Crippen LogP contribution in [-0.2, 0) is 5.41 Å². The van der Waals surface area contributed by atoms with Gasteiger partial charge in [-0.3, -0.25) is 9.13 Å². The summed E-state index contributed by atoms with van der Waals surface area (Å²) in [5.74, 6) is 0.659. The first-order valence-electron chi connectivity index (χ1n) is 17.1. The van der Waals surface area contributed by atoms with Crippen LogP contribution >= 0.6 is 11.8 Å². The van der Waals surface area contributed by atoms with Crippen LogP contribution in [0, 0.1) is 0 Å². The molecule has 5 heteroatoms. The van der Waals surface area contributed by atoms with Crippen LogP contribution in [0.4, 0.5) is 0 Å². The molecule has 50 heavy (non-hydrogen) atoms. The molecule has 0 fully saturated rings. The number of hydrogen-bond acceptors (Lipinski definition) is 3. The maximum Gasteiger partial charge on any atom is 0.236 e. The molecule has 0 atom stereocenters. The van der Waals surface area contributed by atoms with Crippen molar-refractivity contribution in [2.24, 2.45) is 0 Å². The van der Waals surface area contributed by atoms with Gasteiger partial charge in [0.1, 0.15) is 5.65 Å². The fraction of sp³-hybridized carbons (Fsp3) is 0.0667. The van der Waals surface area contributed by atoms with Crippen molar-refractivity contribution < 1.29 is 0 Å². The van der Waals surface area contributed by atoms with Crippen LogP contribution in [-0.4, -0.2) is 19.1 Å². The van der Waals surface area contributed by atoms with E-state index in [0.29, 0.717) is 5.95 Å². The third kappa shape index (κ3) is 3.73. The Hall–Kier alpha value is -5.91. The smallest absolute Gasteiger partial charge is 0.236 e. The molecule has 2 aliphatic rings. The molecular formula is C45H30N4S. The molecule has 1 aliphatic heterocycles. The van der Waals surface area contributed by atoms with Gasteiger partial charge in [-0.1, -0.05) is 135 Å². The lowest BCUT2D eigenvalue weighted by Crippen LogP contribution is -2.15. The van der Waals surface area contributed by atoms with E-state index in [1.807, 2.05) is 11.8 Å². The first-order chi connectivity index (χ1) is 24.6. The van der Waals surface area contributed by atoms with E-state index in [2.05, 4.69) is 169 Å². The Morgan fingerprint density at radius 1 is 0.540 bits per heavy atom. The number of aromatic nitrogens is 4. The summed E-state index contributed by atoms with van der Waals surface area (Å²) in [7, 11) is 0. The second kappa shape index (κ2) is 10.1. The quantitative estimate of drug-likeness (QED) is 0.189. The van der Waals surface area contributed by atoms with Gasteiger partial charge in [0.15, 0.2) is 0 Å². The Morgan fingerprint density at radius 2 is 1.24 bits per heavy atom. The lowest BCUT2D eigenvalue weighted by atomic mass is 9.82. The number of fused-ring (bicyclic) bond motifs is 10. The number of hydrogen-bond donors (Lipinski definition) is 0. The Labute approximate surface area is 293 Å². The lowest BCUT2D eigenvalue weighted by Gasteiger charge is -2.22. The summed E-state index contributed by atoms with van der Waals surface area (Å²) in [6, 6.07) is 52.4. The molecule has 0 bridgehead atoms. The van der Waals surface area contributed by atoms with Gasteiger partial charge in [0.25, 0.3) is 0 Å². The van der Waals surface area contributed by atoms with Crippen LogP contribution in [0.5, 0.6) is 0 Å². The summed E-state index contributed by atoms with van der Waals surface area (Å²) in [4.78, 5) is 13.3. The third-order valence-electron chi connectivity index (χ3n) is 10.7. The molecule has 0 saturated heterocycles. The van der Waals surface area contributed by atoms with Gasteiger partial charge < -0.3 is 0 Å². The van der Waals surface area contributed by atoms with Gasteiger partial charge in [0, 0.05) is 42.5 Å². The molecule has 11 rings (SSSR count). The number of nitrogens with zero attached hydrogens (tertiary/aromatic N) is 4. The summed E-state index contributed by atoms with van der Waals surface area (Å²) in [5, 5.41) is 3.66. The summed E-state index contributed by atoms with van der Waals surface area (Å²) in [6.45, 7) is 4.66. The SMILES string of the molecule is CC1(C)c2ccccc2-c2ccc(-c3cc(-c4ccccc4)nc(-n4c5ccccc5c5c6cccc7c6n(c54)-c4ccccc4S7)n3)cc21. The van der Waals surface area contributed by atoms with Crippen molar-refractivity contribution in [3.05, 3.63) is 157 Å². The number of rotatable bonds is 3. The van der Waals surface area contributed by atoms with Crippen molar-refractivity contribution in [2.45, 2.75) is 29.1 Å². The van der Waals surface area contributed by atoms with Gasteiger partial charge in [-0.25, -0.2) is 9.97 Å². The first kappa shape index (κ1) is 28.0. The van der Waals surface area contributed by atoms with Crippen molar-refractivity contribution in [3.63, 3.8) is 0 Å². The number of benzene rings is 6. The number of para-hydroxylation sites is 3. The highest BCUT2D eigenvalue weighted by Gasteiger charge is 2.35. The van der Waals surface area contributed by atoms with Gasteiger partial charge in [-0.2, -0.15) is 0 Å². The molecule has 6 aromatic carbocycles. The summed E-state index contributed by atoms with van der Waals surface area (Å²) < 4.78 is 4.74. The molecule has 0 unspecified atom stereocenters. The van der Waals surface area contributed by atoms with E-state index in [1.54, 1.807) is 0 Å². The molecule has 4 nitrogen and oxygen atoms in total. The highest BCUT2D eigenvalue weighted by molar-refractivity contribution is 7.99.